The molecule has 0 fully saturated rings. The fraction of sp³-hybridized carbons (Fsp3) is 0.188. The Hall–Kier alpha value is -2.09. The van der Waals surface area contributed by atoms with Crippen LogP contribution in [0, 0.1) is 6.92 Å². The van der Waals surface area contributed by atoms with Gasteiger partial charge in [-0.2, -0.15) is 0 Å². The van der Waals surface area contributed by atoms with Crippen molar-refractivity contribution in [2.75, 3.05) is 19.5 Å². The van der Waals surface area contributed by atoms with Crippen LogP contribution in [0.4, 0.5) is 5.00 Å². The van der Waals surface area contributed by atoms with Gasteiger partial charge in [-0.3, -0.25) is 4.79 Å². The van der Waals surface area contributed by atoms with Crippen molar-refractivity contribution in [2.45, 2.75) is 6.92 Å². The molecule has 0 saturated heterocycles. The highest BCUT2D eigenvalue weighted by Crippen LogP contribution is 2.35. The minimum absolute atomic E-state index is 0.0892. The van der Waals surface area contributed by atoms with E-state index >= 15 is 0 Å². The second-order valence-electron chi connectivity index (χ2n) is 4.82. The van der Waals surface area contributed by atoms with E-state index in [2.05, 4.69) is 5.32 Å². The molecule has 2 rings (SSSR count). The number of ether oxygens (including phenoxy) is 2. The van der Waals surface area contributed by atoms with E-state index in [9.17, 15) is 14.4 Å². The molecular formula is C16H13Cl2NO5S. The van der Waals surface area contributed by atoms with E-state index in [0.29, 0.717) is 10.6 Å². The molecule has 1 heterocycles. The van der Waals surface area contributed by atoms with E-state index in [0.717, 1.165) is 11.3 Å². The fourth-order valence-electron chi connectivity index (χ4n) is 2.08. The first kappa shape index (κ1) is 19.2. The summed E-state index contributed by atoms with van der Waals surface area (Å²) in [4.78, 5) is 36.6. The third-order valence-corrected chi connectivity index (χ3v) is 5.05. The maximum atomic E-state index is 12.5. The van der Waals surface area contributed by atoms with Crippen LogP contribution in [0.15, 0.2) is 18.2 Å². The van der Waals surface area contributed by atoms with Crippen LogP contribution in [0.1, 0.15) is 36.0 Å². The maximum absolute atomic E-state index is 12.5. The van der Waals surface area contributed by atoms with Crippen molar-refractivity contribution in [1.82, 2.24) is 0 Å². The van der Waals surface area contributed by atoms with Gasteiger partial charge in [0.05, 0.1) is 30.4 Å². The second kappa shape index (κ2) is 7.86. The normalized spacial score (nSPS) is 10.3. The zero-order chi connectivity index (χ0) is 18.7. The Morgan fingerprint density at radius 3 is 2.28 bits per heavy atom. The summed E-state index contributed by atoms with van der Waals surface area (Å²) in [6, 6.07) is 4.40. The SMILES string of the molecule is COC(=O)c1sc(NC(=O)c2ccc(Cl)cc2Cl)c(C(=O)OC)c1C. The van der Waals surface area contributed by atoms with Gasteiger partial charge in [-0.1, -0.05) is 23.2 Å². The average molecular weight is 402 g/mol. The first-order valence-corrected chi connectivity index (χ1v) is 8.43. The Labute approximate surface area is 157 Å². The lowest BCUT2D eigenvalue weighted by Gasteiger charge is -2.07. The molecule has 6 nitrogen and oxygen atoms in total. The van der Waals surface area contributed by atoms with Crippen LogP contribution in [0.3, 0.4) is 0 Å². The summed E-state index contributed by atoms with van der Waals surface area (Å²) >= 11 is 12.8. The largest absolute Gasteiger partial charge is 0.465 e. The molecule has 0 atom stereocenters. The fourth-order valence-corrected chi connectivity index (χ4v) is 3.68. The van der Waals surface area contributed by atoms with Crippen LogP contribution in [-0.4, -0.2) is 32.1 Å². The van der Waals surface area contributed by atoms with E-state index in [1.54, 1.807) is 6.92 Å². The molecular weight excluding hydrogens is 389 g/mol. The number of halogens is 2. The molecule has 0 spiro atoms. The lowest BCUT2D eigenvalue weighted by atomic mass is 10.1. The number of hydrogen-bond donors (Lipinski definition) is 1. The number of carbonyl (C=O) groups excluding carboxylic acids is 3. The monoisotopic (exact) mass is 401 g/mol. The number of methoxy groups -OCH3 is 2. The summed E-state index contributed by atoms with van der Waals surface area (Å²) in [5.74, 6) is -1.84. The second-order valence-corrected chi connectivity index (χ2v) is 6.69. The molecule has 1 aromatic heterocycles. The van der Waals surface area contributed by atoms with Crippen molar-refractivity contribution in [2.24, 2.45) is 0 Å². The highest BCUT2D eigenvalue weighted by Gasteiger charge is 2.27. The third-order valence-electron chi connectivity index (χ3n) is 3.31. The molecule has 132 valence electrons. The lowest BCUT2D eigenvalue weighted by Crippen LogP contribution is -2.14. The molecule has 0 aliphatic heterocycles. The lowest BCUT2D eigenvalue weighted by molar-refractivity contribution is 0.0601. The summed E-state index contributed by atoms with van der Waals surface area (Å²) in [5, 5.41) is 3.30. The Morgan fingerprint density at radius 2 is 1.72 bits per heavy atom. The molecule has 1 amide bonds. The first-order chi connectivity index (χ1) is 11.8. The molecule has 0 unspecified atom stereocenters. The zero-order valence-electron chi connectivity index (χ0n) is 13.4. The van der Waals surface area contributed by atoms with Gasteiger partial charge in [0.1, 0.15) is 9.88 Å². The highest BCUT2D eigenvalue weighted by atomic mass is 35.5. The van der Waals surface area contributed by atoms with Crippen molar-refractivity contribution in [3.8, 4) is 0 Å². The molecule has 2 aromatic rings. The molecule has 9 heteroatoms. The molecule has 1 N–H and O–H groups in total. The topological polar surface area (TPSA) is 81.7 Å². The molecule has 0 radical (unpaired) electrons. The van der Waals surface area contributed by atoms with E-state index in [4.69, 9.17) is 32.7 Å². The third kappa shape index (κ3) is 3.95. The average Bonchev–Trinajstić information content (AvgIpc) is 2.89. The van der Waals surface area contributed by atoms with Crippen molar-refractivity contribution in [1.29, 1.82) is 0 Å². The molecule has 0 aliphatic rings. The zero-order valence-corrected chi connectivity index (χ0v) is 15.8. The summed E-state index contributed by atoms with van der Waals surface area (Å²) in [6.45, 7) is 1.57. The van der Waals surface area contributed by atoms with Gasteiger partial charge in [0, 0.05) is 5.02 Å². The van der Waals surface area contributed by atoms with E-state index < -0.39 is 17.8 Å². The van der Waals surface area contributed by atoms with Gasteiger partial charge in [-0.15, -0.1) is 11.3 Å². The van der Waals surface area contributed by atoms with Gasteiger partial charge in [-0.05, 0) is 30.7 Å². The van der Waals surface area contributed by atoms with Gasteiger partial charge in [-0.25, -0.2) is 9.59 Å². The van der Waals surface area contributed by atoms with Gasteiger partial charge < -0.3 is 14.8 Å². The van der Waals surface area contributed by atoms with Crippen LogP contribution in [0.2, 0.25) is 10.0 Å². The molecule has 0 bridgehead atoms. The van der Waals surface area contributed by atoms with Gasteiger partial charge in [0.15, 0.2) is 0 Å². The van der Waals surface area contributed by atoms with Crippen LogP contribution in [0.25, 0.3) is 0 Å². The van der Waals surface area contributed by atoms with Crippen molar-refractivity contribution in [3.63, 3.8) is 0 Å². The minimum Gasteiger partial charge on any atom is -0.465 e. The highest BCUT2D eigenvalue weighted by molar-refractivity contribution is 7.18. The summed E-state index contributed by atoms with van der Waals surface area (Å²) in [7, 11) is 2.43. The van der Waals surface area contributed by atoms with Crippen molar-refractivity contribution in [3.05, 3.63) is 49.8 Å². The predicted molar refractivity (Wildman–Crippen MR) is 96.2 cm³/mol. The number of anilines is 1. The van der Waals surface area contributed by atoms with E-state index in [1.165, 1.54) is 32.4 Å². The quantitative estimate of drug-likeness (QED) is 0.776. The standard InChI is InChI=1S/C16H13Cl2NO5S/c1-7-11(15(21)23-2)14(25-12(7)16(22)24-3)19-13(20)9-5-4-8(17)6-10(9)18/h4-6H,1-3H3,(H,19,20). The minimum atomic E-state index is -0.679. The first-order valence-electron chi connectivity index (χ1n) is 6.86. The van der Waals surface area contributed by atoms with Gasteiger partial charge >= 0.3 is 11.9 Å². The molecule has 0 aliphatic carbocycles. The number of carbonyl (C=O) groups is 3. The number of nitrogens with one attached hydrogen (secondary N) is 1. The van der Waals surface area contributed by atoms with E-state index in [1.807, 2.05) is 0 Å². The number of benzene rings is 1. The van der Waals surface area contributed by atoms with Gasteiger partial charge in [0.25, 0.3) is 5.91 Å². The maximum Gasteiger partial charge on any atom is 0.348 e. The molecule has 25 heavy (non-hydrogen) atoms. The van der Waals surface area contributed by atoms with Crippen LogP contribution in [-0.2, 0) is 9.47 Å². The number of thiophene rings is 1. The van der Waals surface area contributed by atoms with Gasteiger partial charge in [0.2, 0.25) is 0 Å². The number of amides is 1. The smallest absolute Gasteiger partial charge is 0.348 e. The summed E-state index contributed by atoms with van der Waals surface area (Å²) < 4.78 is 9.42. The predicted octanol–water partition coefficient (Wildman–Crippen LogP) is 4.19. The Kier molecular flexibility index (Phi) is 6.05. The molecule has 1 aromatic carbocycles. The summed E-state index contributed by atoms with van der Waals surface area (Å²) in [6.07, 6.45) is 0. The van der Waals surface area contributed by atoms with Crippen molar-refractivity contribution >= 4 is 57.4 Å². The number of rotatable bonds is 4. The Bertz CT molecular complexity index is 862. The van der Waals surface area contributed by atoms with E-state index in [-0.39, 0.29) is 26.0 Å². The number of esters is 2. The molecule has 0 saturated carbocycles. The van der Waals surface area contributed by atoms with Crippen LogP contribution < -0.4 is 5.32 Å². The van der Waals surface area contributed by atoms with Crippen molar-refractivity contribution < 1.29 is 23.9 Å². The van der Waals surface area contributed by atoms with Crippen LogP contribution >= 0.6 is 34.5 Å². The number of hydrogen-bond acceptors (Lipinski definition) is 6. The summed E-state index contributed by atoms with van der Waals surface area (Å²) in [5.41, 5.74) is 0.625. The Balaban J connectivity index is 2.45. The Morgan fingerprint density at radius 1 is 1.08 bits per heavy atom. The van der Waals surface area contributed by atoms with Crippen LogP contribution in [0.5, 0.6) is 0 Å².